The molecule has 5 rings (SSSR count). The molecule has 1 saturated carbocycles. The zero-order chi connectivity index (χ0) is 24.2. The summed E-state index contributed by atoms with van der Waals surface area (Å²) in [6, 6.07) is 7.17. The Hall–Kier alpha value is -3.26. The number of methoxy groups -OCH3 is 1. The molecule has 1 aliphatic carbocycles. The van der Waals surface area contributed by atoms with Crippen LogP contribution in [0.25, 0.3) is 27.8 Å². The third kappa shape index (κ3) is 3.57. The number of ether oxygens (including phenoxy) is 1. The molecule has 3 aromatic heterocycles. The summed E-state index contributed by atoms with van der Waals surface area (Å²) < 4.78 is 22.0. The average molecular weight is 465 g/mol. The molecule has 1 aromatic carbocycles. The summed E-state index contributed by atoms with van der Waals surface area (Å²) in [6.45, 7) is 6.47. The summed E-state index contributed by atoms with van der Waals surface area (Å²) in [5.74, 6) is -1.33. The van der Waals surface area contributed by atoms with Crippen molar-refractivity contribution < 1.29 is 19.0 Å². The number of aromatic nitrogens is 4. The van der Waals surface area contributed by atoms with Gasteiger partial charge in [0.25, 0.3) is 0 Å². The van der Waals surface area contributed by atoms with E-state index >= 15 is 0 Å². The normalized spacial score (nSPS) is 18.9. The second kappa shape index (κ2) is 8.20. The van der Waals surface area contributed by atoms with E-state index in [1.165, 1.54) is 6.07 Å². The molecule has 34 heavy (non-hydrogen) atoms. The Morgan fingerprint density at radius 3 is 2.79 bits per heavy atom. The van der Waals surface area contributed by atoms with Crippen LogP contribution >= 0.6 is 0 Å². The summed E-state index contributed by atoms with van der Waals surface area (Å²) in [6.07, 6.45) is 3.72. The highest BCUT2D eigenvalue weighted by atomic mass is 19.1. The maximum absolute atomic E-state index is 14.2. The highest BCUT2D eigenvalue weighted by Gasteiger charge is 2.39. The van der Waals surface area contributed by atoms with E-state index in [0.717, 1.165) is 39.8 Å². The standard InChI is InChI=1S/C26H29FN4O3/c1-14-9-18(7-8-19(14)27)31-20-11-17-12-28-30-24(17)29-22(20)21(23(31)26(2,3)13-34-4)15-5-6-16(10-15)25(32)33/h7-9,11-12,15-16H,5-6,10,13H2,1-4H3,(H,32,33)(H,28,29,30). The first-order chi connectivity index (χ1) is 16.2. The van der Waals surface area contributed by atoms with E-state index in [2.05, 4.69) is 34.7 Å². The number of nitrogens with zero attached hydrogens (tertiary/aromatic N) is 3. The predicted molar refractivity (Wildman–Crippen MR) is 128 cm³/mol. The zero-order valence-electron chi connectivity index (χ0n) is 19.9. The second-order valence-electron chi connectivity index (χ2n) is 10.1. The van der Waals surface area contributed by atoms with Crippen molar-refractivity contribution in [1.29, 1.82) is 0 Å². The number of carboxylic acid groups (broad SMARTS) is 1. The lowest BCUT2D eigenvalue weighted by atomic mass is 9.82. The fourth-order valence-corrected chi connectivity index (χ4v) is 5.58. The molecule has 1 fully saturated rings. The van der Waals surface area contributed by atoms with E-state index in [1.807, 2.05) is 6.07 Å². The van der Waals surface area contributed by atoms with Gasteiger partial charge in [-0.25, -0.2) is 9.37 Å². The minimum Gasteiger partial charge on any atom is -0.481 e. The Morgan fingerprint density at radius 1 is 1.32 bits per heavy atom. The lowest BCUT2D eigenvalue weighted by Gasteiger charge is -2.29. The molecule has 0 aliphatic heterocycles. The first-order valence-corrected chi connectivity index (χ1v) is 11.6. The van der Waals surface area contributed by atoms with Crippen LogP contribution in [0.4, 0.5) is 4.39 Å². The zero-order valence-corrected chi connectivity index (χ0v) is 19.9. The van der Waals surface area contributed by atoms with Gasteiger partial charge in [-0.3, -0.25) is 9.89 Å². The summed E-state index contributed by atoms with van der Waals surface area (Å²) in [4.78, 5) is 16.7. The molecular weight excluding hydrogens is 435 g/mol. The molecule has 1 aliphatic rings. The molecule has 178 valence electrons. The molecule has 0 radical (unpaired) electrons. The molecule has 0 spiro atoms. The lowest BCUT2D eigenvalue weighted by Crippen LogP contribution is -2.28. The van der Waals surface area contributed by atoms with Crippen LogP contribution in [0.2, 0.25) is 0 Å². The van der Waals surface area contributed by atoms with Crippen molar-refractivity contribution >= 4 is 28.0 Å². The highest BCUT2D eigenvalue weighted by molar-refractivity contribution is 5.94. The SMILES string of the molecule is COCC(C)(C)c1c(C2CCC(C(=O)O)C2)c2nc3[nH]ncc3cc2n1-c1ccc(F)c(C)c1. The number of hydrogen-bond donors (Lipinski definition) is 2. The second-order valence-corrected chi connectivity index (χ2v) is 10.1. The smallest absolute Gasteiger partial charge is 0.306 e. The number of aliphatic carboxylic acids is 1. The van der Waals surface area contributed by atoms with Gasteiger partial charge in [-0.1, -0.05) is 13.8 Å². The molecule has 0 bridgehead atoms. The van der Waals surface area contributed by atoms with Gasteiger partial charge >= 0.3 is 5.97 Å². The maximum Gasteiger partial charge on any atom is 0.306 e. The van der Waals surface area contributed by atoms with Crippen molar-refractivity contribution in [2.45, 2.75) is 51.4 Å². The molecule has 3 heterocycles. The number of hydrogen-bond acceptors (Lipinski definition) is 4. The van der Waals surface area contributed by atoms with Crippen LogP contribution in [0.5, 0.6) is 0 Å². The number of rotatable bonds is 6. The van der Waals surface area contributed by atoms with Crippen LogP contribution in [-0.4, -0.2) is 44.5 Å². The number of aromatic amines is 1. The Morgan fingerprint density at radius 2 is 2.12 bits per heavy atom. The fraction of sp³-hybridized carbons (Fsp3) is 0.423. The Kier molecular flexibility index (Phi) is 5.43. The highest BCUT2D eigenvalue weighted by Crippen LogP contribution is 2.47. The average Bonchev–Trinajstić information content (AvgIpc) is 3.50. The number of carbonyl (C=O) groups is 1. The topological polar surface area (TPSA) is 93.0 Å². The number of aryl methyl sites for hydroxylation is 1. The summed E-state index contributed by atoms with van der Waals surface area (Å²) in [7, 11) is 1.68. The first kappa shape index (κ1) is 22.5. The van der Waals surface area contributed by atoms with Crippen molar-refractivity contribution in [3.05, 3.63) is 53.1 Å². The van der Waals surface area contributed by atoms with Crippen molar-refractivity contribution in [2.75, 3.05) is 13.7 Å². The third-order valence-electron chi connectivity index (χ3n) is 7.12. The van der Waals surface area contributed by atoms with Gasteiger partial charge in [-0.15, -0.1) is 0 Å². The van der Waals surface area contributed by atoms with Gasteiger partial charge in [-0.2, -0.15) is 5.10 Å². The molecule has 0 amide bonds. The van der Waals surface area contributed by atoms with Crippen LogP contribution in [-0.2, 0) is 14.9 Å². The van der Waals surface area contributed by atoms with E-state index in [0.29, 0.717) is 30.7 Å². The maximum atomic E-state index is 14.2. The van der Waals surface area contributed by atoms with Gasteiger partial charge in [0.1, 0.15) is 5.82 Å². The number of fused-ring (bicyclic) bond motifs is 2. The molecule has 2 unspecified atom stereocenters. The van der Waals surface area contributed by atoms with Crippen LogP contribution < -0.4 is 0 Å². The van der Waals surface area contributed by atoms with E-state index in [-0.39, 0.29) is 17.7 Å². The molecule has 2 atom stereocenters. The minimum atomic E-state index is -0.748. The quantitative estimate of drug-likeness (QED) is 0.407. The van der Waals surface area contributed by atoms with Gasteiger partial charge < -0.3 is 14.4 Å². The summed E-state index contributed by atoms with van der Waals surface area (Å²) in [5, 5.41) is 17.7. The van der Waals surface area contributed by atoms with Crippen molar-refractivity contribution in [3.63, 3.8) is 0 Å². The monoisotopic (exact) mass is 464 g/mol. The van der Waals surface area contributed by atoms with E-state index < -0.39 is 11.4 Å². The van der Waals surface area contributed by atoms with Gasteiger partial charge in [0, 0.05) is 34.9 Å². The number of halogens is 1. The fourth-order valence-electron chi connectivity index (χ4n) is 5.58. The number of benzene rings is 1. The van der Waals surface area contributed by atoms with Gasteiger partial charge in [0.05, 0.1) is 29.8 Å². The number of nitrogens with one attached hydrogen (secondary N) is 1. The Balaban J connectivity index is 1.88. The van der Waals surface area contributed by atoms with Crippen molar-refractivity contribution in [1.82, 2.24) is 19.7 Å². The summed E-state index contributed by atoms with van der Waals surface area (Å²) in [5.41, 5.74) is 5.47. The van der Waals surface area contributed by atoms with Crippen molar-refractivity contribution in [3.8, 4) is 5.69 Å². The molecule has 0 saturated heterocycles. The number of H-pyrrole nitrogens is 1. The Bertz CT molecular complexity index is 1400. The van der Waals surface area contributed by atoms with E-state index in [9.17, 15) is 14.3 Å². The van der Waals surface area contributed by atoms with Crippen LogP contribution in [0.1, 0.15) is 55.8 Å². The number of pyridine rings is 1. The minimum absolute atomic E-state index is 0.0467. The molecular formula is C26H29FN4O3. The van der Waals surface area contributed by atoms with Crippen LogP contribution in [0, 0.1) is 18.7 Å². The lowest BCUT2D eigenvalue weighted by molar-refractivity contribution is -0.141. The molecule has 8 heteroatoms. The molecule has 7 nitrogen and oxygen atoms in total. The Labute approximate surface area is 196 Å². The van der Waals surface area contributed by atoms with Gasteiger partial charge in [0.15, 0.2) is 5.65 Å². The largest absolute Gasteiger partial charge is 0.481 e. The van der Waals surface area contributed by atoms with Crippen LogP contribution in [0.3, 0.4) is 0 Å². The van der Waals surface area contributed by atoms with E-state index in [4.69, 9.17) is 9.72 Å². The van der Waals surface area contributed by atoms with Gasteiger partial charge in [-0.05, 0) is 61.9 Å². The van der Waals surface area contributed by atoms with Crippen molar-refractivity contribution in [2.24, 2.45) is 5.92 Å². The van der Waals surface area contributed by atoms with Gasteiger partial charge in [0.2, 0.25) is 0 Å². The molecule has 2 N–H and O–H groups in total. The predicted octanol–water partition coefficient (Wildman–Crippen LogP) is 5.24. The number of carboxylic acids is 1. The first-order valence-electron chi connectivity index (χ1n) is 11.6. The molecule has 4 aromatic rings. The van der Waals surface area contributed by atoms with E-state index in [1.54, 1.807) is 26.3 Å². The van der Waals surface area contributed by atoms with Crippen LogP contribution in [0.15, 0.2) is 30.5 Å². The third-order valence-corrected chi connectivity index (χ3v) is 7.12. The summed E-state index contributed by atoms with van der Waals surface area (Å²) >= 11 is 0.